The largest absolute Gasteiger partial charge is 0.497 e. The summed E-state index contributed by atoms with van der Waals surface area (Å²) in [6, 6.07) is 13.1. The summed E-state index contributed by atoms with van der Waals surface area (Å²) >= 11 is 0. The molecule has 3 amide bonds. The summed E-state index contributed by atoms with van der Waals surface area (Å²) in [6.45, 7) is 7.08. The van der Waals surface area contributed by atoms with Crippen LogP contribution >= 0.6 is 0 Å². The third kappa shape index (κ3) is 5.03. The highest BCUT2D eigenvalue weighted by molar-refractivity contribution is 6.71. The van der Waals surface area contributed by atoms with Gasteiger partial charge in [-0.05, 0) is 68.3 Å². The van der Waals surface area contributed by atoms with Gasteiger partial charge >= 0.3 is 0 Å². The Morgan fingerprint density at radius 3 is 2.61 bits per heavy atom. The van der Waals surface area contributed by atoms with Crippen LogP contribution < -0.4 is 14.5 Å². The average Bonchev–Trinajstić information content (AvgIpc) is 3.76. The maximum Gasteiger partial charge on any atom is 0.264 e. The zero-order chi connectivity index (χ0) is 31.4. The van der Waals surface area contributed by atoms with Crippen molar-refractivity contribution in [2.24, 2.45) is 5.92 Å². The van der Waals surface area contributed by atoms with E-state index >= 15 is 0 Å². The van der Waals surface area contributed by atoms with Crippen molar-refractivity contribution in [1.82, 2.24) is 4.90 Å². The van der Waals surface area contributed by atoms with Crippen LogP contribution in [0.15, 0.2) is 42.5 Å². The van der Waals surface area contributed by atoms with Crippen LogP contribution in [0.25, 0.3) is 0 Å². The van der Waals surface area contributed by atoms with Gasteiger partial charge in [-0.2, -0.15) is 0 Å². The molecule has 10 nitrogen and oxygen atoms in total. The van der Waals surface area contributed by atoms with E-state index in [-0.39, 0.29) is 43.3 Å². The fourth-order valence-corrected chi connectivity index (χ4v) is 10.7. The number of likely N-dealkylation sites (tertiary alicyclic amines) is 1. The van der Waals surface area contributed by atoms with Crippen LogP contribution in [0.3, 0.4) is 0 Å². The van der Waals surface area contributed by atoms with Gasteiger partial charge in [0.05, 0.1) is 44.5 Å². The highest BCUT2D eigenvalue weighted by atomic mass is 28.4. The summed E-state index contributed by atoms with van der Waals surface area (Å²) in [5.74, 6) is -0.0896. The summed E-state index contributed by atoms with van der Waals surface area (Å²) in [5.41, 5.74) is 1.28. The number of hydrogen-bond donors (Lipinski definition) is 2. The van der Waals surface area contributed by atoms with Crippen molar-refractivity contribution in [3.8, 4) is 5.75 Å². The van der Waals surface area contributed by atoms with Crippen molar-refractivity contribution in [3.05, 3.63) is 53.6 Å². The Labute approximate surface area is 259 Å². The van der Waals surface area contributed by atoms with Crippen molar-refractivity contribution < 1.29 is 33.8 Å². The Morgan fingerprint density at radius 1 is 1.14 bits per heavy atom. The lowest BCUT2D eigenvalue weighted by atomic mass is 9.82. The van der Waals surface area contributed by atoms with Gasteiger partial charge in [-0.3, -0.25) is 14.4 Å². The molecule has 2 N–H and O–H groups in total. The molecule has 4 aliphatic heterocycles. The SMILES string of the molecule is COc1ccc2c(c1)[C@]1(O[C@@H](CC(=O)N3CCC[C@H]3CO)[C@H]([Si](C)(C)O)[C@H]1C)C(=O)N2Cc1cccc(N2CCCC2=O)c1. The van der Waals surface area contributed by atoms with Gasteiger partial charge in [0.2, 0.25) is 11.8 Å². The van der Waals surface area contributed by atoms with Crippen molar-refractivity contribution in [3.63, 3.8) is 0 Å². The minimum Gasteiger partial charge on any atom is -0.497 e. The first kappa shape index (κ1) is 30.8. The fourth-order valence-electron chi connectivity index (χ4n) is 8.11. The number of anilines is 2. The van der Waals surface area contributed by atoms with Crippen LogP contribution in [0.4, 0.5) is 11.4 Å². The maximum absolute atomic E-state index is 14.8. The molecule has 0 unspecified atom stereocenters. The maximum atomic E-state index is 14.8. The van der Waals surface area contributed by atoms with Crippen molar-refractivity contribution >= 4 is 37.4 Å². The number of benzene rings is 2. The first-order valence-corrected chi connectivity index (χ1v) is 18.7. The Hall–Kier alpha value is -3.25. The monoisotopic (exact) mass is 621 g/mol. The number of fused-ring (bicyclic) bond motifs is 2. The number of methoxy groups -OCH3 is 1. The molecule has 0 saturated carbocycles. The molecule has 5 atom stereocenters. The number of nitrogens with zero attached hydrogens (tertiary/aromatic N) is 3. The van der Waals surface area contributed by atoms with Gasteiger partial charge in [0.1, 0.15) is 5.75 Å². The number of aliphatic hydroxyl groups excluding tert-OH is 1. The van der Waals surface area contributed by atoms with Crippen LogP contribution in [0.1, 0.15) is 50.2 Å². The quantitative estimate of drug-likeness (QED) is 0.433. The molecular formula is C33H43N3O7Si. The molecule has 44 heavy (non-hydrogen) atoms. The van der Waals surface area contributed by atoms with Gasteiger partial charge in [-0.1, -0.05) is 19.1 Å². The van der Waals surface area contributed by atoms with Crippen molar-refractivity contribution in [2.45, 2.75) is 82.0 Å². The predicted molar refractivity (Wildman–Crippen MR) is 168 cm³/mol. The summed E-state index contributed by atoms with van der Waals surface area (Å²) in [7, 11) is -1.38. The molecule has 11 heteroatoms. The Bertz CT molecular complexity index is 1460. The Morgan fingerprint density at radius 2 is 1.93 bits per heavy atom. The van der Waals surface area contributed by atoms with E-state index in [4.69, 9.17) is 9.47 Å². The zero-order valence-corrected chi connectivity index (χ0v) is 27.0. The second-order valence-electron chi connectivity index (χ2n) is 13.2. The lowest BCUT2D eigenvalue weighted by Crippen LogP contribution is -2.46. The second-order valence-corrected chi connectivity index (χ2v) is 17.2. The molecule has 4 aliphatic rings. The van der Waals surface area contributed by atoms with Crippen LogP contribution in [-0.4, -0.2) is 79.8 Å². The van der Waals surface area contributed by atoms with Gasteiger partial charge in [0.25, 0.3) is 5.91 Å². The van der Waals surface area contributed by atoms with E-state index in [1.165, 1.54) is 0 Å². The van der Waals surface area contributed by atoms with Gasteiger partial charge in [-0.25, -0.2) is 0 Å². The Kier molecular flexibility index (Phi) is 8.10. The summed E-state index contributed by atoms with van der Waals surface area (Å²) in [4.78, 5) is 57.6. The lowest BCUT2D eigenvalue weighted by molar-refractivity contribution is -0.150. The summed E-state index contributed by atoms with van der Waals surface area (Å²) < 4.78 is 12.4. The topological polar surface area (TPSA) is 120 Å². The average molecular weight is 622 g/mol. The lowest BCUT2D eigenvalue weighted by Gasteiger charge is -2.33. The van der Waals surface area contributed by atoms with Gasteiger partial charge < -0.3 is 34.1 Å². The number of carbonyl (C=O) groups is 3. The van der Waals surface area contributed by atoms with E-state index in [0.29, 0.717) is 36.5 Å². The third-order valence-electron chi connectivity index (χ3n) is 10.1. The molecule has 2 aromatic rings. The number of rotatable bonds is 8. The van der Waals surface area contributed by atoms with E-state index < -0.39 is 31.5 Å². The second kappa shape index (κ2) is 11.6. The predicted octanol–water partition coefficient (Wildman–Crippen LogP) is 3.54. The number of aliphatic hydroxyl groups is 1. The standard InChI is InChI=1S/C33H43N3O7Si/c1-21-31(44(3,4)41)28(18-30(39)35-14-6-10-24(35)20-37)43-33(21)26-17-25(42-2)12-13-27(26)36(32(33)40)19-22-8-5-9-23(16-22)34-15-7-11-29(34)38/h5,8-9,12-13,16-17,21,24,28,31,37,41H,6-7,10-11,14-15,18-20H2,1-4H3/t21-,24+,28+,31-,33+/m1/s1. The van der Waals surface area contributed by atoms with E-state index in [1.54, 1.807) is 21.8 Å². The number of hydrogen-bond acceptors (Lipinski definition) is 7. The highest BCUT2D eigenvalue weighted by Crippen LogP contribution is 2.60. The van der Waals surface area contributed by atoms with E-state index in [2.05, 4.69) is 0 Å². The smallest absolute Gasteiger partial charge is 0.264 e. The molecule has 236 valence electrons. The molecule has 0 aliphatic carbocycles. The van der Waals surface area contributed by atoms with Crippen molar-refractivity contribution in [1.29, 1.82) is 0 Å². The van der Waals surface area contributed by atoms with Crippen LogP contribution in [0.2, 0.25) is 18.6 Å². The molecule has 0 radical (unpaired) electrons. The first-order valence-electron chi connectivity index (χ1n) is 15.7. The number of carbonyl (C=O) groups excluding carboxylic acids is 3. The molecule has 6 rings (SSSR count). The summed E-state index contributed by atoms with van der Waals surface area (Å²) in [6.07, 6.45) is 2.31. The minimum absolute atomic E-state index is 0.0305. The molecule has 2 aromatic carbocycles. The Balaban J connectivity index is 1.37. The van der Waals surface area contributed by atoms with E-state index in [0.717, 1.165) is 30.5 Å². The van der Waals surface area contributed by atoms with Crippen molar-refractivity contribution in [2.75, 3.05) is 36.6 Å². The summed E-state index contributed by atoms with van der Waals surface area (Å²) in [5, 5.41) is 9.83. The molecule has 4 heterocycles. The molecule has 0 bridgehead atoms. The normalized spacial score (nSPS) is 28.5. The van der Waals surface area contributed by atoms with E-state index in [9.17, 15) is 24.3 Å². The van der Waals surface area contributed by atoms with Gasteiger partial charge in [0, 0.05) is 42.2 Å². The molecule has 3 saturated heterocycles. The number of ether oxygens (including phenoxy) is 2. The molecule has 0 aromatic heterocycles. The van der Waals surface area contributed by atoms with E-state index in [1.807, 2.05) is 62.5 Å². The highest BCUT2D eigenvalue weighted by Gasteiger charge is 2.66. The zero-order valence-electron chi connectivity index (χ0n) is 26.0. The first-order chi connectivity index (χ1) is 21.0. The van der Waals surface area contributed by atoms with Crippen LogP contribution in [-0.2, 0) is 31.3 Å². The van der Waals surface area contributed by atoms with Crippen LogP contribution in [0.5, 0.6) is 5.75 Å². The van der Waals surface area contributed by atoms with Crippen LogP contribution in [0, 0.1) is 5.92 Å². The number of amides is 3. The molecule has 3 fully saturated rings. The minimum atomic E-state index is -2.96. The molecular weight excluding hydrogens is 578 g/mol. The fraction of sp³-hybridized carbons (Fsp3) is 0.545. The molecule has 1 spiro atoms. The third-order valence-corrected chi connectivity index (χ3v) is 12.6. The van der Waals surface area contributed by atoms with Gasteiger partial charge in [0.15, 0.2) is 13.9 Å². The van der Waals surface area contributed by atoms with Gasteiger partial charge in [-0.15, -0.1) is 0 Å².